The first kappa shape index (κ1) is 17.2. The van der Waals surface area contributed by atoms with Gasteiger partial charge in [0.05, 0.1) is 31.5 Å². The Labute approximate surface area is 166 Å². The van der Waals surface area contributed by atoms with E-state index in [1.807, 2.05) is 52.4 Å². The van der Waals surface area contributed by atoms with Gasteiger partial charge in [-0.15, -0.1) is 10.2 Å². The molecule has 3 aromatic heterocycles. The molecule has 0 aliphatic rings. The quantitative estimate of drug-likeness (QED) is 0.471. The lowest BCUT2D eigenvalue weighted by Crippen LogP contribution is -1.99. The molecule has 3 heterocycles. The summed E-state index contributed by atoms with van der Waals surface area (Å²) in [6, 6.07) is 13.7. The summed E-state index contributed by atoms with van der Waals surface area (Å²) >= 11 is 0. The second kappa shape index (κ2) is 6.59. The van der Waals surface area contributed by atoms with Gasteiger partial charge in [-0.05, 0) is 36.8 Å². The van der Waals surface area contributed by atoms with Crippen LogP contribution in [0.25, 0.3) is 33.8 Å². The van der Waals surface area contributed by atoms with Gasteiger partial charge >= 0.3 is 0 Å². The molecule has 29 heavy (non-hydrogen) atoms. The standard InChI is InChI=1S/C21H18N6O2/c1-13-5-4-6-15(7-13)27-20-18(11-23-27)21-25-24-19(26(21)12-22-20)14-8-16(28-2)10-17(9-14)29-3/h4-12H,1-3H3. The van der Waals surface area contributed by atoms with E-state index in [4.69, 9.17) is 9.47 Å². The molecule has 0 aliphatic heterocycles. The summed E-state index contributed by atoms with van der Waals surface area (Å²) in [5.41, 5.74) is 4.34. The molecule has 0 bridgehead atoms. The maximum atomic E-state index is 5.37. The fraction of sp³-hybridized carbons (Fsp3) is 0.143. The van der Waals surface area contributed by atoms with Gasteiger partial charge in [0.15, 0.2) is 17.1 Å². The molecule has 0 saturated heterocycles. The smallest absolute Gasteiger partial charge is 0.175 e. The van der Waals surface area contributed by atoms with Gasteiger partial charge < -0.3 is 9.47 Å². The van der Waals surface area contributed by atoms with Crippen LogP contribution in [0.4, 0.5) is 0 Å². The Morgan fingerprint density at radius 1 is 0.897 bits per heavy atom. The molecule has 5 rings (SSSR count). The zero-order valence-corrected chi connectivity index (χ0v) is 16.2. The minimum Gasteiger partial charge on any atom is -0.497 e. The normalized spacial score (nSPS) is 11.3. The predicted molar refractivity (Wildman–Crippen MR) is 109 cm³/mol. The van der Waals surface area contributed by atoms with Crippen molar-refractivity contribution >= 4 is 16.7 Å². The summed E-state index contributed by atoms with van der Waals surface area (Å²) in [5, 5.41) is 14.1. The highest BCUT2D eigenvalue weighted by molar-refractivity contribution is 5.90. The topological polar surface area (TPSA) is 79.4 Å². The van der Waals surface area contributed by atoms with Crippen LogP contribution in [0.1, 0.15) is 5.56 Å². The van der Waals surface area contributed by atoms with E-state index < -0.39 is 0 Å². The largest absolute Gasteiger partial charge is 0.497 e. The van der Waals surface area contributed by atoms with E-state index >= 15 is 0 Å². The number of methoxy groups -OCH3 is 2. The number of aryl methyl sites for hydroxylation is 1. The zero-order valence-electron chi connectivity index (χ0n) is 16.2. The zero-order chi connectivity index (χ0) is 20.0. The minimum absolute atomic E-state index is 0.648. The van der Waals surface area contributed by atoms with Crippen molar-refractivity contribution < 1.29 is 9.47 Å². The lowest BCUT2D eigenvalue weighted by atomic mass is 10.2. The van der Waals surface area contributed by atoms with Crippen molar-refractivity contribution in [1.82, 2.24) is 29.4 Å². The summed E-state index contributed by atoms with van der Waals surface area (Å²) in [6.45, 7) is 2.05. The van der Waals surface area contributed by atoms with Crippen molar-refractivity contribution in [3.8, 4) is 28.6 Å². The van der Waals surface area contributed by atoms with Gasteiger partial charge in [-0.25, -0.2) is 9.67 Å². The van der Waals surface area contributed by atoms with Gasteiger partial charge in [0.1, 0.15) is 17.8 Å². The van der Waals surface area contributed by atoms with Gasteiger partial charge in [-0.1, -0.05) is 12.1 Å². The highest BCUT2D eigenvalue weighted by atomic mass is 16.5. The summed E-state index contributed by atoms with van der Waals surface area (Å²) in [4.78, 5) is 4.64. The average molecular weight is 386 g/mol. The number of hydrogen-bond donors (Lipinski definition) is 0. The molecule has 0 spiro atoms. The Morgan fingerprint density at radius 2 is 1.69 bits per heavy atom. The lowest BCUT2D eigenvalue weighted by Gasteiger charge is -2.07. The summed E-state index contributed by atoms with van der Waals surface area (Å²) < 4.78 is 14.4. The monoisotopic (exact) mass is 386 g/mol. The van der Waals surface area contributed by atoms with Crippen molar-refractivity contribution in [2.75, 3.05) is 14.2 Å². The molecule has 144 valence electrons. The van der Waals surface area contributed by atoms with Crippen molar-refractivity contribution in [2.24, 2.45) is 0 Å². The highest BCUT2D eigenvalue weighted by Crippen LogP contribution is 2.30. The van der Waals surface area contributed by atoms with Crippen molar-refractivity contribution in [3.63, 3.8) is 0 Å². The first-order chi connectivity index (χ1) is 14.2. The Kier molecular flexibility index (Phi) is 3.90. The van der Waals surface area contributed by atoms with E-state index in [2.05, 4.69) is 26.3 Å². The maximum absolute atomic E-state index is 5.37. The minimum atomic E-state index is 0.648. The summed E-state index contributed by atoms with van der Waals surface area (Å²) in [6.07, 6.45) is 3.48. The van der Waals surface area contributed by atoms with Crippen LogP contribution in [0.15, 0.2) is 55.0 Å². The molecule has 0 fully saturated rings. The Morgan fingerprint density at radius 3 is 2.41 bits per heavy atom. The van der Waals surface area contributed by atoms with Gasteiger partial charge in [0, 0.05) is 11.6 Å². The molecular formula is C21H18N6O2. The molecule has 0 unspecified atom stereocenters. The van der Waals surface area contributed by atoms with Crippen LogP contribution < -0.4 is 9.47 Å². The Balaban J connectivity index is 1.69. The van der Waals surface area contributed by atoms with Crippen LogP contribution in [0.3, 0.4) is 0 Å². The summed E-state index contributed by atoms with van der Waals surface area (Å²) in [7, 11) is 3.23. The van der Waals surface area contributed by atoms with Crippen LogP contribution >= 0.6 is 0 Å². The molecule has 8 heteroatoms. The maximum Gasteiger partial charge on any atom is 0.175 e. The van der Waals surface area contributed by atoms with Crippen LogP contribution in [0.2, 0.25) is 0 Å². The van der Waals surface area contributed by atoms with Crippen LogP contribution in [-0.2, 0) is 0 Å². The summed E-state index contributed by atoms with van der Waals surface area (Å²) in [5.74, 6) is 2.00. The molecule has 0 saturated carbocycles. The van der Waals surface area contributed by atoms with E-state index in [9.17, 15) is 0 Å². The van der Waals surface area contributed by atoms with Crippen LogP contribution in [0.5, 0.6) is 11.5 Å². The van der Waals surface area contributed by atoms with Crippen molar-refractivity contribution in [3.05, 3.63) is 60.6 Å². The predicted octanol–water partition coefficient (Wildman–Crippen LogP) is 3.46. The van der Waals surface area contributed by atoms with E-state index in [0.29, 0.717) is 23.0 Å². The number of fused-ring (bicyclic) bond motifs is 3. The second-order valence-corrected chi connectivity index (χ2v) is 6.70. The van der Waals surface area contributed by atoms with E-state index in [-0.39, 0.29) is 0 Å². The number of nitrogens with zero attached hydrogens (tertiary/aromatic N) is 6. The molecule has 0 amide bonds. The SMILES string of the molecule is COc1cc(OC)cc(-c2nnc3c4cnn(-c5cccc(C)c5)c4ncn23)c1. The fourth-order valence-electron chi connectivity index (χ4n) is 3.40. The van der Waals surface area contributed by atoms with Crippen LogP contribution in [-0.4, -0.2) is 43.6 Å². The van der Waals surface area contributed by atoms with Gasteiger partial charge in [0.25, 0.3) is 0 Å². The molecule has 0 aliphatic carbocycles. The highest BCUT2D eigenvalue weighted by Gasteiger charge is 2.16. The van der Waals surface area contributed by atoms with E-state index in [1.165, 1.54) is 0 Å². The first-order valence-electron chi connectivity index (χ1n) is 9.06. The fourth-order valence-corrected chi connectivity index (χ4v) is 3.40. The molecule has 5 aromatic rings. The molecule has 0 atom stereocenters. The number of rotatable bonds is 4. The lowest BCUT2D eigenvalue weighted by molar-refractivity contribution is 0.394. The number of aromatic nitrogens is 6. The van der Waals surface area contributed by atoms with Crippen molar-refractivity contribution in [1.29, 1.82) is 0 Å². The third-order valence-electron chi connectivity index (χ3n) is 4.83. The average Bonchev–Trinajstić information content (AvgIpc) is 3.37. The number of hydrogen-bond acceptors (Lipinski definition) is 6. The van der Waals surface area contributed by atoms with Crippen molar-refractivity contribution in [2.45, 2.75) is 6.92 Å². The Bertz CT molecular complexity index is 1330. The van der Waals surface area contributed by atoms with E-state index in [1.54, 1.807) is 26.7 Å². The molecule has 0 radical (unpaired) electrons. The number of ether oxygens (including phenoxy) is 2. The van der Waals surface area contributed by atoms with Gasteiger partial charge in [-0.2, -0.15) is 5.10 Å². The first-order valence-corrected chi connectivity index (χ1v) is 9.06. The third kappa shape index (κ3) is 2.77. The molecule has 2 aromatic carbocycles. The molecular weight excluding hydrogens is 368 g/mol. The molecule has 8 nitrogen and oxygen atoms in total. The van der Waals surface area contributed by atoms with Gasteiger partial charge in [0.2, 0.25) is 0 Å². The van der Waals surface area contributed by atoms with Crippen LogP contribution in [0, 0.1) is 6.92 Å². The second-order valence-electron chi connectivity index (χ2n) is 6.70. The van der Waals surface area contributed by atoms with Gasteiger partial charge in [-0.3, -0.25) is 4.40 Å². The Hall–Kier alpha value is -3.94. The molecule has 0 N–H and O–H groups in total. The third-order valence-corrected chi connectivity index (χ3v) is 4.83. The van der Waals surface area contributed by atoms with E-state index in [0.717, 1.165) is 27.8 Å². The number of benzene rings is 2.